The molecule has 0 atom stereocenters. The molecule has 1 saturated heterocycles. The van der Waals surface area contributed by atoms with Gasteiger partial charge in [-0.05, 0) is 31.5 Å². The zero-order valence-corrected chi connectivity index (χ0v) is 18.1. The number of thiazole rings is 1. The second-order valence-electron chi connectivity index (χ2n) is 7.98. The molecule has 0 aliphatic carbocycles. The number of alkyl halides is 3. The molecule has 0 spiro atoms. The normalized spacial score (nSPS) is 17.9. The third-order valence-electron chi connectivity index (χ3n) is 5.14. The number of likely N-dealkylation sites (tertiary alicyclic amines) is 1. The third-order valence-corrected chi connectivity index (χ3v) is 6.26. The zero-order valence-electron chi connectivity index (χ0n) is 17.3. The Bertz CT molecular complexity index is 1010. The van der Waals surface area contributed by atoms with Gasteiger partial charge in [0.1, 0.15) is 5.75 Å². The summed E-state index contributed by atoms with van der Waals surface area (Å²) in [6, 6.07) is 5.92. The number of hydrogen-bond donors (Lipinski definition) is 1. The fourth-order valence-electron chi connectivity index (χ4n) is 3.81. The molecule has 0 radical (unpaired) electrons. The van der Waals surface area contributed by atoms with Gasteiger partial charge in [0.25, 0.3) is 0 Å². The Hall–Kier alpha value is -2.46. The molecule has 2 N–H and O–H groups in total. The van der Waals surface area contributed by atoms with Crippen LogP contribution in [0.5, 0.6) is 5.75 Å². The lowest BCUT2D eigenvalue weighted by Gasteiger charge is -2.40. The summed E-state index contributed by atoms with van der Waals surface area (Å²) in [5.74, 6) is 1.30. The number of ether oxygens (including phenoxy) is 1. The first-order chi connectivity index (χ1) is 14.7. The molecular formula is C21H24F3N5OS. The molecule has 0 saturated carbocycles. The highest BCUT2D eigenvalue weighted by Crippen LogP contribution is 2.40. The quantitative estimate of drug-likeness (QED) is 0.566. The highest BCUT2D eigenvalue weighted by atomic mass is 32.1. The van der Waals surface area contributed by atoms with Crippen molar-refractivity contribution in [3.8, 4) is 17.0 Å². The molecule has 1 fully saturated rings. The Morgan fingerprint density at radius 1 is 1.39 bits per heavy atom. The van der Waals surface area contributed by atoms with Crippen LogP contribution in [0.1, 0.15) is 35.2 Å². The first kappa shape index (κ1) is 21.8. The second kappa shape index (κ2) is 8.58. The number of nitrogens with zero attached hydrogens (tertiary/aromatic N) is 4. The summed E-state index contributed by atoms with van der Waals surface area (Å²) in [6.07, 6.45) is -2.23. The van der Waals surface area contributed by atoms with Crippen molar-refractivity contribution in [3.63, 3.8) is 0 Å². The molecule has 1 aromatic carbocycles. The number of aromatic nitrogens is 1. The minimum absolute atomic E-state index is 0.0555. The van der Waals surface area contributed by atoms with Gasteiger partial charge in [-0.15, -0.1) is 11.3 Å². The molecule has 3 heterocycles. The molecule has 0 amide bonds. The van der Waals surface area contributed by atoms with Crippen LogP contribution >= 0.6 is 11.3 Å². The number of nitrogens with two attached hydrogens (primary N) is 1. The van der Waals surface area contributed by atoms with Gasteiger partial charge < -0.3 is 10.5 Å². The largest absolute Gasteiger partial charge is 0.492 e. The average Bonchev–Trinajstić information content (AvgIpc) is 2.99. The lowest BCUT2D eigenvalue weighted by Crippen LogP contribution is -2.49. The third kappa shape index (κ3) is 4.90. The monoisotopic (exact) mass is 451 g/mol. The van der Waals surface area contributed by atoms with E-state index in [2.05, 4.69) is 9.98 Å². The molecule has 2 aromatic rings. The van der Waals surface area contributed by atoms with Crippen molar-refractivity contribution in [1.82, 2.24) is 9.88 Å². The number of rotatable bonds is 4. The Labute approximate surface area is 182 Å². The molecule has 10 heteroatoms. The van der Waals surface area contributed by atoms with Crippen molar-refractivity contribution in [2.24, 2.45) is 15.7 Å². The van der Waals surface area contributed by atoms with Gasteiger partial charge in [-0.1, -0.05) is 6.07 Å². The van der Waals surface area contributed by atoms with E-state index >= 15 is 0 Å². The molecule has 0 unspecified atom stereocenters. The maximum absolute atomic E-state index is 12.6. The van der Waals surface area contributed by atoms with E-state index in [9.17, 15) is 13.2 Å². The van der Waals surface area contributed by atoms with Gasteiger partial charge in [-0.3, -0.25) is 9.89 Å². The number of amidine groups is 1. The second-order valence-corrected chi connectivity index (χ2v) is 9.06. The van der Waals surface area contributed by atoms with Crippen molar-refractivity contribution >= 4 is 23.5 Å². The van der Waals surface area contributed by atoms with E-state index in [1.54, 1.807) is 0 Å². The van der Waals surface area contributed by atoms with Crippen molar-refractivity contribution in [3.05, 3.63) is 33.6 Å². The standard InChI is InChI=1S/C21H24F3N5OS/c1-12(2)27-19(26-11-25)20-28-18-15-4-3-13(7-16(15)30-6-5-17(18)31-20)14-8-29(9-14)10-21(22,23)24/h3-4,7,11-12,14H,5-6,8-10H2,1-2H3,(H2,25,26,27). The summed E-state index contributed by atoms with van der Waals surface area (Å²) in [7, 11) is 0. The fraction of sp³-hybridized carbons (Fsp3) is 0.476. The molecule has 1 aromatic heterocycles. The highest BCUT2D eigenvalue weighted by Gasteiger charge is 2.37. The predicted molar refractivity (Wildman–Crippen MR) is 116 cm³/mol. The van der Waals surface area contributed by atoms with E-state index in [0.717, 1.165) is 21.7 Å². The van der Waals surface area contributed by atoms with Gasteiger partial charge in [0.2, 0.25) is 0 Å². The maximum atomic E-state index is 12.6. The lowest BCUT2D eigenvalue weighted by molar-refractivity contribution is -0.154. The molecule has 2 aliphatic rings. The van der Waals surface area contributed by atoms with Crippen LogP contribution in [0.15, 0.2) is 28.2 Å². The molecule has 31 heavy (non-hydrogen) atoms. The van der Waals surface area contributed by atoms with E-state index in [-0.39, 0.29) is 12.0 Å². The van der Waals surface area contributed by atoms with Gasteiger partial charge in [0.15, 0.2) is 10.8 Å². The summed E-state index contributed by atoms with van der Waals surface area (Å²) < 4.78 is 43.6. The zero-order chi connectivity index (χ0) is 22.2. The van der Waals surface area contributed by atoms with Crippen LogP contribution in [0.3, 0.4) is 0 Å². The molecule has 4 rings (SSSR count). The van der Waals surface area contributed by atoms with Gasteiger partial charge in [0.05, 0.1) is 25.2 Å². The Kier molecular flexibility index (Phi) is 6.02. The SMILES string of the molecule is CC(C)N=C(N=CN)c1nc2c(s1)CCOc1cc(C3CN(CC(F)(F)F)C3)ccc1-2. The number of fused-ring (bicyclic) bond motifs is 3. The number of benzene rings is 1. The van der Waals surface area contributed by atoms with Crippen LogP contribution in [0.2, 0.25) is 0 Å². The summed E-state index contributed by atoms with van der Waals surface area (Å²) in [5, 5.41) is 0.708. The van der Waals surface area contributed by atoms with Crippen LogP contribution in [0, 0.1) is 0 Å². The average molecular weight is 452 g/mol. The van der Waals surface area contributed by atoms with Crippen LogP contribution < -0.4 is 10.5 Å². The summed E-state index contributed by atoms with van der Waals surface area (Å²) in [6.45, 7) is 4.37. The van der Waals surface area contributed by atoms with Crippen molar-refractivity contribution in [2.75, 3.05) is 26.2 Å². The van der Waals surface area contributed by atoms with Crippen molar-refractivity contribution < 1.29 is 17.9 Å². The van der Waals surface area contributed by atoms with E-state index < -0.39 is 12.7 Å². The Balaban J connectivity index is 1.59. The summed E-state index contributed by atoms with van der Waals surface area (Å²) in [5.41, 5.74) is 8.21. The summed E-state index contributed by atoms with van der Waals surface area (Å²) >= 11 is 1.53. The van der Waals surface area contributed by atoms with Crippen molar-refractivity contribution in [2.45, 2.75) is 38.4 Å². The van der Waals surface area contributed by atoms with Crippen LogP contribution in [-0.2, 0) is 6.42 Å². The molecule has 6 nitrogen and oxygen atoms in total. The van der Waals surface area contributed by atoms with E-state index in [4.69, 9.17) is 15.5 Å². The number of aliphatic imine (C=N–C) groups is 2. The molecular weight excluding hydrogens is 427 g/mol. The van der Waals surface area contributed by atoms with Crippen LogP contribution in [0.25, 0.3) is 11.3 Å². The van der Waals surface area contributed by atoms with E-state index in [1.165, 1.54) is 22.6 Å². The molecule has 2 aliphatic heterocycles. The van der Waals surface area contributed by atoms with Crippen molar-refractivity contribution in [1.29, 1.82) is 0 Å². The van der Waals surface area contributed by atoms with Gasteiger partial charge >= 0.3 is 6.18 Å². The smallest absolute Gasteiger partial charge is 0.401 e. The van der Waals surface area contributed by atoms with Crippen LogP contribution in [-0.4, -0.2) is 60.5 Å². The van der Waals surface area contributed by atoms with Gasteiger partial charge in [-0.25, -0.2) is 9.98 Å². The Morgan fingerprint density at radius 3 is 2.84 bits per heavy atom. The Morgan fingerprint density at radius 2 is 2.16 bits per heavy atom. The van der Waals surface area contributed by atoms with Gasteiger partial charge in [0, 0.05) is 41.9 Å². The maximum Gasteiger partial charge on any atom is 0.401 e. The molecule has 166 valence electrons. The first-order valence-electron chi connectivity index (χ1n) is 10.1. The van der Waals surface area contributed by atoms with E-state index in [1.807, 2.05) is 32.0 Å². The molecule has 0 bridgehead atoms. The number of hydrogen-bond acceptors (Lipinski definition) is 5. The van der Waals surface area contributed by atoms with Gasteiger partial charge in [-0.2, -0.15) is 13.2 Å². The first-order valence-corrected chi connectivity index (χ1v) is 10.9. The van der Waals surface area contributed by atoms with E-state index in [0.29, 0.717) is 42.7 Å². The predicted octanol–water partition coefficient (Wildman–Crippen LogP) is 3.85. The number of halogens is 3. The fourth-order valence-corrected chi connectivity index (χ4v) is 4.82. The summed E-state index contributed by atoms with van der Waals surface area (Å²) in [4.78, 5) is 16.0. The highest BCUT2D eigenvalue weighted by molar-refractivity contribution is 7.14. The minimum atomic E-state index is -4.16. The lowest BCUT2D eigenvalue weighted by atomic mass is 9.90. The topological polar surface area (TPSA) is 76.1 Å². The minimum Gasteiger partial charge on any atom is -0.492 e. The van der Waals surface area contributed by atoms with Crippen LogP contribution in [0.4, 0.5) is 13.2 Å².